The highest BCUT2D eigenvalue weighted by Crippen LogP contribution is 2.35. The Balaban J connectivity index is 1.37. The van der Waals surface area contributed by atoms with Gasteiger partial charge in [0, 0.05) is 52.0 Å². The number of aromatic amines is 1. The normalized spacial score (nSPS) is 14.6. The lowest BCUT2D eigenvalue weighted by Gasteiger charge is -2.32. The predicted molar refractivity (Wildman–Crippen MR) is 148 cm³/mol. The van der Waals surface area contributed by atoms with Gasteiger partial charge in [0.25, 0.3) is 5.91 Å². The molecule has 0 bridgehead atoms. The quantitative estimate of drug-likeness (QED) is 0.355. The number of carbonyl (C=O) groups excluding carboxylic acids is 1. The van der Waals surface area contributed by atoms with Crippen LogP contribution >= 0.6 is 0 Å². The molecule has 5 rings (SSSR count). The van der Waals surface area contributed by atoms with Gasteiger partial charge in [0.05, 0.1) is 29.3 Å². The molecule has 0 spiro atoms. The Hall–Kier alpha value is -4.07. The number of benzene rings is 1. The number of sulfonamides is 1. The SMILES string of the molecule is COc1nc(Nc2ccc(C(=O)N3CCN(C)CC3)nc2)nc2[nH]cc(-c3ccc(S(=O)(=O)N(C)C)cc3)c12. The van der Waals surface area contributed by atoms with Crippen molar-refractivity contribution in [2.45, 2.75) is 4.90 Å². The van der Waals surface area contributed by atoms with Gasteiger partial charge in [0.1, 0.15) is 11.3 Å². The molecule has 0 saturated carbocycles. The number of H-pyrrole nitrogens is 1. The molecule has 204 valence electrons. The van der Waals surface area contributed by atoms with Gasteiger partial charge in [-0.1, -0.05) is 12.1 Å². The van der Waals surface area contributed by atoms with Crippen LogP contribution in [0.1, 0.15) is 10.5 Å². The first-order valence-electron chi connectivity index (χ1n) is 12.3. The number of fused-ring (bicyclic) bond motifs is 1. The fourth-order valence-electron chi connectivity index (χ4n) is 4.34. The van der Waals surface area contributed by atoms with E-state index in [-0.39, 0.29) is 10.8 Å². The zero-order valence-electron chi connectivity index (χ0n) is 22.2. The van der Waals surface area contributed by atoms with Crippen molar-refractivity contribution >= 4 is 38.6 Å². The van der Waals surface area contributed by atoms with E-state index in [1.807, 2.05) is 11.9 Å². The maximum Gasteiger partial charge on any atom is 0.272 e. The molecular formula is C26H30N8O4S. The summed E-state index contributed by atoms with van der Waals surface area (Å²) >= 11 is 0. The van der Waals surface area contributed by atoms with Crippen molar-refractivity contribution in [1.82, 2.24) is 34.0 Å². The van der Waals surface area contributed by atoms with Crippen LogP contribution in [0.5, 0.6) is 5.88 Å². The van der Waals surface area contributed by atoms with Crippen molar-refractivity contribution in [3.63, 3.8) is 0 Å². The van der Waals surface area contributed by atoms with Crippen molar-refractivity contribution in [3.05, 3.63) is 54.5 Å². The van der Waals surface area contributed by atoms with Gasteiger partial charge < -0.3 is 24.8 Å². The Labute approximate surface area is 226 Å². The summed E-state index contributed by atoms with van der Waals surface area (Å²) in [6.07, 6.45) is 3.36. The molecule has 0 aliphatic carbocycles. The number of amides is 1. The number of nitrogens with zero attached hydrogens (tertiary/aromatic N) is 6. The lowest BCUT2D eigenvalue weighted by Crippen LogP contribution is -2.47. The molecule has 1 saturated heterocycles. The molecule has 0 atom stereocenters. The Bertz CT molecular complexity index is 1590. The minimum absolute atomic E-state index is 0.0831. The third-order valence-corrected chi connectivity index (χ3v) is 8.49. The predicted octanol–water partition coefficient (Wildman–Crippen LogP) is 2.41. The summed E-state index contributed by atoms with van der Waals surface area (Å²) < 4.78 is 31.6. The Kier molecular flexibility index (Phi) is 7.21. The van der Waals surface area contributed by atoms with Crippen LogP contribution < -0.4 is 10.1 Å². The molecule has 2 N–H and O–H groups in total. The molecule has 1 aromatic carbocycles. The summed E-state index contributed by atoms with van der Waals surface area (Å²) in [6.45, 7) is 3.05. The van der Waals surface area contributed by atoms with E-state index in [2.05, 4.69) is 30.2 Å². The fraction of sp³-hybridized carbons (Fsp3) is 0.308. The summed E-state index contributed by atoms with van der Waals surface area (Å²) in [4.78, 5) is 33.6. The second-order valence-corrected chi connectivity index (χ2v) is 11.6. The number of rotatable bonds is 7. The zero-order chi connectivity index (χ0) is 27.7. The van der Waals surface area contributed by atoms with E-state index in [9.17, 15) is 13.2 Å². The number of pyridine rings is 1. The Morgan fingerprint density at radius 3 is 2.38 bits per heavy atom. The summed E-state index contributed by atoms with van der Waals surface area (Å²) in [5, 5.41) is 3.78. The summed E-state index contributed by atoms with van der Waals surface area (Å²) in [6, 6.07) is 10.1. The number of aromatic nitrogens is 4. The topological polar surface area (TPSA) is 137 Å². The maximum atomic E-state index is 12.8. The van der Waals surface area contributed by atoms with E-state index in [1.165, 1.54) is 25.5 Å². The molecule has 0 radical (unpaired) electrons. The molecule has 39 heavy (non-hydrogen) atoms. The summed E-state index contributed by atoms with van der Waals surface area (Å²) in [7, 11) is 3.03. The van der Waals surface area contributed by atoms with E-state index < -0.39 is 10.0 Å². The van der Waals surface area contributed by atoms with Gasteiger partial charge in [-0.3, -0.25) is 4.79 Å². The van der Waals surface area contributed by atoms with Crippen molar-refractivity contribution in [2.24, 2.45) is 0 Å². The molecule has 3 aromatic heterocycles. The zero-order valence-corrected chi connectivity index (χ0v) is 23.0. The minimum atomic E-state index is -3.53. The number of piperazine rings is 1. The van der Waals surface area contributed by atoms with Crippen LogP contribution in [-0.4, -0.2) is 103 Å². The molecule has 0 unspecified atom stereocenters. The number of likely N-dealkylation sites (N-methyl/N-ethyl adjacent to an activating group) is 1. The Morgan fingerprint density at radius 1 is 1.05 bits per heavy atom. The number of anilines is 2. The third kappa shape index (κ3) is 5.28. The minimum Gasteiger partial charge on any atom is -0.480 e. The van der Waals surface area contributed by atoms with Gasteiger partial charge in [0.2, 0.25) is 21.9 Å². The van der Waals surface area contributed by atoms with Crippen LogP contribution in [0.25, 0.3) is 22.2 Å². The second-order valence-electron chi connectivity index (χ2n) is 9.45. The van der Waals surface area contributed by atoms with Crippen LogP contribution in [0.15, 0.2) is 53.7 Å². The molecular weight excluding hydrogens is 520 g/mol. The molecule has 13 heteroatoms. The standard InChI is InChI=1S/C26H30N8O4S/c1-32(2)39(36,37)19-8-5-17(6-9-19)20-16-28-23-22(20)24(38-4)31-26(30-23)29-18-7-10-21(27-15-18)25(35)34-13-11-33(3)12-14-34/h5-10,15-16H,11-14H2,1-4H3,(H2,28,29,30,31). The van der Waals surface area contributed by atoms with Crippen LogP contribution in [-0.2, 0) is 10.0 Å². The first-order chi connectivity index (χ1) is 18.7. The van der Waals surface area contributed by atoms with E-state index in [1.54, 1.807) is 48.8 Å². The molecule has 4 aromatic rings. The van der Waals surface area contributed by atoms with E-state index in [0.717, 1.165) is 24.2 Å². The molecule has 12 nitrogen and oxygen atoms in total. The van der Waals surface area contributed by atoms with E-state index >= 15 is 0 Å². The van der Waals surface area contributed by atoms with Crippen molar-refractivity contribution < 1.29 is 17.9 Å². The van der Waals surface area contributed by atoms with Crippen LogP contribution in [0.2, 0.25) is 0 Å². The average Bonchev–Trinajstić information content (AvgIpc) is 3.37. The first kappa shape index (κ1) is 26.5. The van der Waals surface area contributed by atoms with Crippen molar-refractivity contribution in [1.29, 1.82) is 0 Å². The smallest absolute Gasteiger partial charge is 0.272 e. The highest BCUT2D eigenvalue weighted by Gasteiger charge is 2.22. The molecule has 1 fully saturated rings. The van der Waals surface area contributed by atoms with Crippen LogP contribution in [0, 0.1) is 0 Å². The van der Waals surface area contributed by atoms with Crippen molar-refractivity contribution in [3.8, 4) is 17.0 Å². The van der Waals surface area contributed by atoms with E-state index in [0.29, 0.717) is 47.3 Å². The fourth-order valence-corrected chi connectivity index (χ4v) is 5.25. The number of methoxy groups -OCH3 is 1. The van der Waals surface area contributed by atoms with Crippen LogP contribution in [0.3, 0.4) is 0 Å². The number of nitrogens with one attached hydrogen (secondary N) is 2. The molecule has 1 aliphatic heterocycles. The van der Waals surface area contributed by atoms with Gasteiger partial charge >= 0.3 is 0 Å². The largest absolute Gasteiger partial charge is 0.480 e. The van der Waals surface area contributed by atoms with Crippen LogP contribution in [0.4, 0.5) is 11.6 Å². The summed E-state index contributed by atoms with van der Waals surface area (Å²) in [5.74, 6) is 0.555. The van der Waals surface area contributed by atoms with Gasteiger partial charge in [-0.15, -0.1) is 0 Å². The number of hydrogen-bond acceptors (Lipinski definition) is 9. The molecule has 1 aliphatic rings. The lowest BCUT2D eigenvalue weighted by atomic mass is 10.1. The van der Waals surface area contributed by atoms with Gasteiger partial charge in [-0.25, -0.2) is 17.7 Å². The second kappa shape index (κ2) is 10.6. The number of carbonyl (C=O) groups is 1. The maximum absolute atomic E-state index is 12.8. The highest BCUT2D eigenvalue weighted by molar-refractivity contribution is 7.89. The molecule has 1 amide bonds. The Morgan fingerprint density at radius 2 is 1.77 bits per heavy atom. The monoisotopic (exact) mass is 550 g/mol. The van der Waals surface area contributed by atoms with E-state index in [4.69, 9.17) is 4.74 Å². The highest BCUT2D eigenvalue weighted by atomic mass is 32.2. The number of ether oxygens (including phenoxy) is 1. The third-order valence-electron chi connectivity index (χ3n) is 6.66. The van der Waals surface area contributed by atoms with Gasteiger partial charge in [-0.2, -0.15) is 9.97 Å². The number of hydrogen-bond donors (Lipinski definition) is 2. The van der Waals surface area contributed by atoms with Gasteiger partial charge in [0.15, 0.2) is 0 Å². The van der Waals surface area contributed by atoms with Crippen molar-refractivity contribution in [2.75, 3.05) is 59.7 Å². The first-order valence-corrected chi connectivity index (χ1v) is 13.8. The van der Waals surface area contributed by atoms with Gasteiger partial charge in [-0.05, 0) is 36.9 Å². The average molecular weight is 551 g/mol. The molecule has 4 heterocycles. The summed E-state index contributed by atoms with van der Waals surface area (Å²) in [5.41, 5.74) is 3.11. The lowest BCUT2D eigenvalue weighted by molar-refractivity contribution is 0.0658.